The van der Waals surface area contributed by atoms with Crippen molar-refractivity contribution in [1.29, 1.82) is 0 Å². The molecule has 106 valence electrons. The third kappa shape index (κ3) is 2.49. The molecule has 20 heavy (non-hydrogen) atoms. The lowest BCUT2D eigenvalue weighted by molar-refractivity contribution is 0.471. The summed E-state index contributed by atoms with van der Waals surface area (Å²) < 4.78 is 4.58. The van der Waals surface area contributed by atoms with E-state index in [9.17, 15) is 0 Å². The van der Waals surface area contributed by atoms with Crippen LogP contribution in [0.1, 0.15) is 36.6 Å². The van der Waals surface area contributed by atoms with Crippen LogP contribution in [0.4, 0.5) is 0 Å². The van der Waals surface area contributed by atoms with Gasteiger partial charge in [-0.2, -0.15) is 5.10 Å². The van der Waals surface area contributed by atoms with E-state index in [4.69, 9.17) is 5.84 Å². The fraction of sp³-hybridized carbons (Fsp3) is 0.385. The standard InChI is InChI=1S/C13H17N5S2/c1-8(2)18-13(15-7-16-18)5-9(17-14)11-6-12-10(20-11)3-4-19-12/h3-4,6-9,17H,5,14H2,1-2H3. The van der Waals surface area contributed by atoms with Crippen LogP contribution in [0.15, 0.2) is 23.8 Å². The van der Waals surface area contributed by atoms with Crippen molar-refractivity contribution in [2.45, 2.75) is 32.4 Å². The number of nitrogens with two attached hydrogens (primary N) is 1. The first-order valence-electron chi connectivity index (χ1n) is 6.50. The Balaban J connectivity index is 1.86. The first kappa shape index (κ1) is 13.7. The van der Waals surface area contributed by atoms with Crippen LogP contribution in [0, 0.1) is 0 Å². The maximum absolute atomic E-state index is 5.74. The average Bonchev–Trinajstić information content (AvgIpc) is 3.10. The Labute approximate surface area is 125 Å². The molecule has 3 heterocycles. The smallest absolute Gasteiger partial charge is 0.138 e. The van der Waals surface area contributed by atoms with Crippen molar-refractivity contribution in [2.24, 2.45) is 5.84 Å². The minimum atomic E-state index is 0.0706. The zero-order valence-corrected chi connectivity index (χ0v) is 13.0. The molecule has 0 aliphatic carbocycles. The minimum Gasteiger partial charge on any atom is -0.271 e. The fourth-order valence-electron chi connectivity index (χ4n) is 2.23. The number of hydrazine groups is 1. The zero-order valence-electron chi connectivity index (χ0n) is 11.4. The molecule has 0 amide bonds. The van der Waals surface area contributed by atoms with Crippen LogP contribution in [0.2, 0.25) is 0 Å². The van der Waals surface area contributed by atoms with Crippen LogP contribution in [0.25, 0.3) is 9.40 Å². The maximum atomic E-state index is 5.74. The molecule has 0 aliphatic rings. The third-order valence-corrected chi connectivity index (χ3v) is 5.43. The second kappa shape index (κ2) is 5.61. The van der Waals surface area contributed by atoms with Gasteiger partial charge in [-0.1, -0.05) is 0 Å². The predicted octanol–water partition coefficient (Wildman–Crippen LogP) is 2.88. The highest BCUT2D eigenvalue weighted by molar-refractivity contribution is 7.26. The summed E-state index contributed by atoms with van der Waals surface area (Å²) in [6, 6.07) is 4.74. The number of nitrogens with one attached hydrogen (secondary N) is 1. The Morgan fingerprint density at radius 3 is 2.95 bits per heavy atom. The van der Waals surface area contributed by atoms with Crippen LogP contribution in [0.5, 0.6) is 0 Å². The molecule has 0 fully saturated rings. The van der Waals surface area contributed by atoms with E-state index < -0.39 is 0 Å². The Morgan fingerprint density at radius 1 is 1.40 bits per heavy atom. The average molecular weight is 307 g/mol. The Kier molecular flexibility index (Phi) is 3.84. The van der Waals surface area contributed by atoms with Crippen LogP contribution in [-0.2, 0) is 6.42 Å². The largest absolute Gasteiger partial charge is 0.271 e. The number of hydrogen-bond donors (Lipinski definition) is 2. The van der Waals surface area contributed by atoms with E-state index in [0.29, 0.717) is 6.04 Å². The summed E-state index contributed by atoms with van der Waals surface area (Å²) in [7, 11) is 0. The summed E-state index contributed by atoms with van der Waals surface area (Å²) in [5.74, 6) is 6.70. The normalized spacial score (nSPS) is 13.4. The van der Waals surface area contributed by atoms with Crippen molar-refractivity contribution < 1.29 is 0 Å². The van der Waals surface area contributed by atoms with E-state index in [1.54, 1.807) is 29.0 Å². The summed E-state index contributed by atoms with van der Waals surface area (Å²) in [5.41, 5.74) is 2.91. The molecule has 3 aromatic rings. The van der Waals surface area contributed by atoms with Gasteiger partial charge in [0.25, 0.3) is 0 Å². The molecule has 0 saturated heterocycles. The minimum absolute atomic E-state index is 0.0706. The highest BCUT2D eigenvalue weighted by Crippen LogP contribution is 2.34. The monoisotopic (exact) mass is 307 g/mol. The predicted molar refractivity (Wildman–Crippen MR) is 83.9 cm³/mol. The summed E-state index contributed by atoms with van der Waals surface area (Å²) in [5, 5.41) is 6.39. The van der Waals surface area contributed by atoms with Crippen molar-refractivity contribution in [3.63, 3.8) is 0 Å². The van der Waals surface area contributed by atoms with Gasteiger partial charge in [0.15, 0.2) is 0 Å². The maximum Gasteiger partial charge on any atom is 0.138 e. The number of nitrogens with zero attached hydrogens (tertiary/aromatic N) is 3. The number of hydrogen-bond acceptors (Lipinski definition) is 6. The van der Waals surface area contributed by atoms with Crippen LogP contribution in [0.3, 0.4) is 0 Å². The van der Waals surface area contributed by atoms with Gasteiger partial charge in [0.05, 0.1) is 6.04 Å². The highest BCUT2D eigenvalue weighted by Gasteiger charge is 2.18. The van der Waals surface area contributed by atoms with Gasteiger partial charge in [-0.15, -0.1) is 22.7 Å². The van der Waals surface area contributed by atoms with Crippen molar-refractivity contribution in [3.8, 4) is 0 Å². The molecule has 0 aliphatic heterocycles. The molecule has 0 spiro atoms. The number of thiophene rings is 2. The molecular formula is C13H17N5S2. The third-order valence-electron chi connectivity index (χ3n) is 3.23. The second-order valence-electron chi connectivity index (χ2n) is 4.94. The molecule has 0 saturated carbocycles. The Hall–Kier alpha value is -1.28. The van der Waals surface area contributed by atoms with Crippen LogP contribution in [-0.4, -0.2) is 14.8 Å². The molecule has 3 N–H and O–H groups in total. The summed E-state index contributed by atoms with van der Waals surface area (Å²) in [6.45, 7) is 4.20. The van der Waals surface area contributed by atoms with Crippen molar-refractivity contribution in [2.75, 3.05) is 0 Å². The lowest BCUT2D eigenvalue weighted by Gasteiger charge is -2.15. The quantitative estimate of drug-likeness (QED) is 0.562. The molecule has 0 radical (unpaired) electrons. The molecular weight excluding hydrogens is 290 g/mol. The second-order valence-corrected chi connectivity index (χ2v) is 7.00. The van der Waals surface area contributed by atoms with Crippen molar-refractivity contribution in [1.82, 2.24) is 20.2 Å². The fourth-order valence-corrected chi connectivity index (χ4v) is 4.41. The first-order valence-corrected chi connectivity index (χ1v) is 8.20. The van der Waals surface area contributed by atoms with Gasteiger partial charge < -0.3 is 0 Å². The van der Waals surface area contributed by atoms with Gasteiger partial charge in [-0.3, -0.25) is 11.3 Å². The molecule has 7 heteroatoms. The van der Waals surface area contributed by atoms with Gasteiger partial charge in [-0.25, -0.2) is 9.67 Å². The van der Waals surface area contributed by atoms with Crippen LogP contribution < -0.4 is 11.3 Å². The first-order chi connectivity index (χ1) is 9.69. The molecule has 3 rings (SSSR count). The molecule has 1 unspecified atom stereocenters. The van der Waals surface area contributed by atoms with E-state index in [-0.39, 0.29) is 6.04 Å². The van der Waals surface area contributed by atoms with Gasteiger partial charge in [-0.05, 0) is 31.4 Å². The van der Waals surface area contributed by atoms with Crippen molar-refractivity contribution in [3.05, 3.63) is 34.5 Å². The highest BCUT2D eigenvalue weighted by atomic mass is 32.1. The molecule has 0 bridgehead atoms. The SMILES string of the molecule is CC(C)n1ncnc1CC(NN)c1cc2sccc2s1. The summed E-state index contributed by atoms with van der Waals surface area (Å²) in [4.78, 5) is 5.60. The number of aromatic nitrogens is 3. The topological polar surface area (TPSA) is 68.8 Å². The number of fused-ring (bicyclic) bond motifs is 1. The van der Waals surface area contributed by atoms with Gasteiger partial charge in [0.1, 0.15) is 12.2 Å². The van der Waals surface area contributed by atoms with Gasteiger partial charge >= 0.3 is 0 Å². The van der Waals surface area contributed by atoms with Crippen LogP contribution >= 0.6 is 22.7 Å². The summed E-state index contributed by atoms with van der Waals surface area (Å²) >= 11 is 3.54. The molecule has 1 atom stereocenters. The molecule has 5 nitrogen and oxygen atoms in total. The Bertz CT molecular complexity index is 668. The summed E-state index contributed by atoms with van der Waals surface area (Å²) in [6.07, 6.45) is 2.35. The van der Waals surface area contributed by atoms with Gasteiger partial charge in [0, 0.05) is 26.7 Å². The van der Waals surface area contributed by atoms with E-state index in [0.717, 1.165) is 12.2 Å². The van der Waals surface area contributed by atoms with Crippen molar-refractivity contribution >= 4 is 32.1 Å². The van der Waals surface area contributed by atoms with E-state index in [1.165, 1.54) is 14.3 Å². The molecule has 3 aromatic heterocycles. The Morgan fingerprint density at radius 2 is 2.25 bits per heavy atom. The zero-order chi connectivity index (χ0) is 14.1. The lowest BCUT2D eigenvalue weighted by Crippen LogP contribution is -2.30. The molecule has 0 aromatic carbocycles. The van der Waals surface area contributed by atoms with E-state index >= 15 is 0 Å². The van der Waals surface area contributed by atoms with E-state index in [2.05, 4.69) is 46.9 Å². The van der Waals surface area contributed by atoms with Gasteiger partial charge in [0.2, 0.25) is 0 Å². The number of rotatable bonds is 5. The lowest BCUT2D eigenvalue weighted by atomic mass is 10.1. The van der Waals surface area contributed by atoms with E-state index in [1.807, 2.05) is 4.68 Å².